The minimum Gasteiger partial charge on any atom is -0.361 e. The SMILES string of the molecule is CC(=N)N1CCC(C(NS(=O)(=O)Cc2ccccc2)C(=O)NCC(=O)NC(Cc2c[nH]c3ccccc23)C(=O)C(F)(F)F)CC1. The first-order valence-electron chi connectivity index (χ1n) is 14.3. The molecule has 2 aromatic carbocycles. The van der Waals surface area contributed by atoms with Gasteiger partial charge in [0.2, 0.25) is 21.8 Å². The number of aromatic amines is 1. The lowest BCUT2D eigenvalue weighted by atomic mass is 9.89. The molecule has 45 heavy (non-hydrogen) atoms. The van der Waals surface area contributed by atoms with Crippen molar-refractivity contribution < 1.29 is 36.0 Å². The first-order chi connectivity index (χ1) is 21.2. The Bertz CT molecular complexity index is 1640. The van der Waals surface area contributed by atoms with Crippen LogP contribution >= 0.6 is 0 Å². The maximum atomic E-state index is 13.4. The molecular formula is C30H35F3N6O5S. The average Bonchev–Trinajstić information content (AvgIpc) is 3.40. The number of hydrogen-bond donors (Lipinski definition) is 5. The first kappa shape index (κ1) is 33.6. The van der Waals surface area contributed by atoms with Crippen molar-refractivity contribution in [2.45, 2.75) is 50.2 Å². The Kier molecular flexibility index (Phi) is 10.7. The second-order valence-corrected chi connectivity index (χ2v) is 12.8. The molecule has 1 aliphatic heterocycles. The normalized spacial score (nSPS) is 15.8. The fourth-order valence-corrected chi connectivity index (χ4v) is 6.81. The van der Waals surface area contributed by atoms with E-state index in [1.807, 2.05) is 0 Å². The number of hydrogen-bond acceptors (Lipinski definition) is 6. The summed E-state index contributed by atoms with van der Waals surface area (Å²) in [4.78, 5) is 43.1. The quantitative estimate of drug-likeness (QED) is 0.150. The Balaban J connectivity index is 1.46. The number of Topliss-reactive ketones (excluding diaryl/α,β-unsaturated/α-hetero) is 1. The number of amidine groups is 1. The van der Waals surface area contributed by atoms with Crippen LogP contribution in [0.5, 0.6) is 0 Å². The number of carbonyl (C=O) groups excluding carboxylic acids is 3. The monoisotopic (exact) mass is 648 g/mol. The van der Waals surface area contributed by atoms with Gasteiger partial charge in [-0.05, 0) is 42.9 Å². The number of fused-ring (bicyclic) bond motifs is 1. The zero-order valence-corrected chi connectivity index (χ0v) is 25.3. The number of H-pyrrole nitrogens is 1. The molecule has 15 heteroatoms. The predicted octanol–water partition coefficient (Wildman–Crippen LogP) is 2.64. The molecule has 1 aromatic heterocycles. The number of likely N-dealkylation sites (tertiary alicyclic amines) is 1. The van der Waals surface area contributed by atoms with Crippen LogP contribution in [-0.2, 0) is 36.6 Å². The maximum Gasteiger partial charge on any atom is 0.452 e. The molecule has 3 aromatic rings. The molecule has 5 N–H and O–H groups in total. The Morgan fingerprint density at radius 1 is 1.04 bits per heavy atom. The van der Waals surface area contributed by atoms with E-state index in [1.165, 1.54) is 6.20 Å². The van der Waals surface area contributed by atoms with Gasteiger partial charge < -0.3 is 20.5 Å². The highest BCUT2D eigenvalue weighted by atomic mass is 32.2. The van der Waals surface area contributed by atoms with E-state index in [2.05, 4.69) is 20.3 Å². The molecule has 1 aliphatic rings. The standard InChI is InChI=1S/C30H35F3N6O5S/c1-19(34)39-13-11-21(12-14-39)27(38-45(43,44)18-20-7-3-2-4-8-20)29(42)36-17-26(40)37-25(28(41)30(31,32)33)15-22-16-35-24-10-6-5-9-23(22)24/h2-10,16,21,25,27,34-35,38H,11-15,17-18H2,1H3,(H,36,42)(H,37,40). The van der Waals surface area contributed by atoms with Crippen LogP contribution in [0.4, 0.5) is 13.2 Å². The second-order valence-electron chi connectivity index (χ2n) is 11.0. The number of ketones is 1. The van der Waals surface area contributed by atoms with Gasteiger partial charge in [0.05, 0.1) is 18.1 Å². The van der Waals surface area contributed by atoms with E-state index >= 15 is 0 Å². The fourth-order valence-electron chi connectivity index (χ4n) is 5.41. The number of piperidine rings is 1. The molecule has 2 atom stereocenters. The van der Waals surface area contributed by atoms with Gasteiger partial charge in [-0.2, -0.15) is 13.2 Å². The number of nitrogens with zero attached hydrogens (tertiary/aromatic N) is 1. The summed E-state index contributed by atoms with van der Waals surface area (Å²) in [6, 6.07) is 11.9. The minimum atomic E-state index is -5.22. The Hall–Kier alpha value is -4.24. The molecule has 2 heterocycles. The van der Waals surface area contributed by atoms with Gasteiger partial charge in [-0.1, -0.05) is 48.5 Å². The molecule has 0 aliphatic carbocycles. The Morgan fingerprint density at radius 3 is 2.33 bits per heavy atom. The van der Waals surface area contributed by atoms with Crippen molar-refractivity contribution >= 4 is 44.4 Å². The van der Waals surface area contributed by atoms with Gasteiger partial charge >= 0.3 is 6.18 Å². The molecule has 0 saturated carbocycles. The Labute approximate surface area is 258 Å². The lowest BCUT2D eigenvalue weighted by Crippen LogP contribution is -2.56. The molecule has 242 valence electrons. The van der Waals surface area contributed by atoms with Crippen LogP contribution in [0.15, 0.2) is 60.8 Å². The summed E-state index contributed by atoms with van der Waals surface area (Å²) in [7, 11) is -4.03. The topological polar surface area (TPSA) is 164 Å². The van der Waals surface area contributed by atoms with Crippen molar-refractivity contribution in [3.8, 4) is 0 Å². The third-order valence-corrected chi connectivity index (χ3v) is 9.05. The predicted molar refractivity (Wildman–Crippen MR) is 162 cm³/mol. The fraction of sp³-hybridized carbons (Fsp3) is 0.400. The van der Waals surface area contributed by atoms with Crippen LogP contribution in [0.1, 0.15) is 30.9 Å². The van der Waals surface area contributed by atoms with E-state index in [4.69, 9.17) is 5.41 Å². The number of sulfonamides is 1. The highest BCUT2D eigenvalue weighted by molar-refractivity contribution is 7.88. The lowest BCUT2D eigenvalue weighted by Gasteiger charge is -2.36. The average molecular weight is 649 g/mol. The minimum absolute atomic E-state index is 0.339. The third-order valence-electron chi connectivity index (χ3n) is 7.73. The van der Waals surface area contributed by atoms with Crippen LogP contribution in [-0.4, -0.2) is 79.6 Å². The molecule has 11 nitrogen and oxygen atoms in total. The number of para-hydroxylation sites is 1. The van der Waals surface area contributed by atoms with Gasteiger partial charge in [0.15, 0.2) is 0 Å². The molecule has 1 fully saturated rings. The van der Waals surface area contributed by atoms with Crippen LogP contribution in [0.3, 0.4) is 0 Å². The van der Waals surface area contributed by atoms with Gasteiger partial charge in [0.1, 0.15) is 12.1 Å². The van der Waals surface area contributed by atoms with Gasteiger partial charge in [-0.25, -0.2) is 13.1 Å². The van der Waals surface area contributed by atoms with E-state index in [-0.39, 0.29) is 0 Å². The molecule has 4 rings (SSSR count). The molecule has 2 unspecified atom stereocenters. The maximum absolute atomic E-state index is 13.4. The number of nitrogens with one attached hydrogen (secondary N) is 5. The van der Waals surface area contributed by atoms with Gasteiger partial charge in [0.25, 0.3) is 5.78 Å². The van der Waals surface area contributed by atoms with Crippen molar-refractivity contribution in [3.63, 3.8) is 0 Å². The highest BCUT2D eigenvalue weighted by Crippen LogP contribution is 2.24. The summed E-state index contributed by atoms with van der Waals surface area (Å²) in [6.45, 7) is 1.67. The first-order valence-corrected chi connectivity index (χ1v) is 16.0. The number of alkyl halides is 3. The summed E-state index contributed by atoms with van der Waals surface area (Å²) >= 11 is 0. The zero-order valence-electron chi connectivity index (χ0n) is 24.5. The molecule has 0 spiro atoms. The highest BCUT2D eigenvalue weighted by Gasteiger charge is 2.44. The van der Waals surface area contributed by atoms with E-state index in [9.17, 15) is 36.0 Å². The van der Waals surface area contributed by atoms with Gasteiger partial charge in [-0.15, -0.1) is 0 Å². The van der Waals surface area contributed by atoms with E-state index in [0.29, 0.717) is 53.8 Å². The molecule has 0 bridgehead atoms. The van der Waals surface area contributed by atoms with Crippen molar-refractivity contribution in [2.24, 2.45) is 5.92 Å². The summed E-state index contributed by atoms with van der Waals surface area (Å²) < 4.78 is 68.9. The van der Waals surface area contributed by atoms with Crippen LogP contribution < -0.4 is 15.4 Å². The third kappa shape index (κ3) is 9.14. The second kappa shape index (κ2) is 14.2. The largest absolute Gasteiger partial charge is 0.452 e. The number of rotatable bonds is 12. The van der Waals surface area contributed by atoms with Crippen molar-refractivity contribution in [2.75, 3.05) is 19.6 Å². The zero-order chi connectivity index (χ0) is 32.8. The smallest absolute Gasteiger partial charge is 0.361 e. The van der Waals surface area contributed by atoms with Crippen molar-refractivity contribution in [3.05, 3.63) is 71.9 Å². The van der Waals surface area contributed by atoms with E-state index in [0.717, 1.165) is 0 Å². The molecule has 0 radical (unpaired) electrons. The summed E-state index contributed by atoms with van der Waals surface area (Å²) in [6.07, 6.45) is -3.46. The number of carbonyl (C=O) groups is 3. The van der Waals surface area contributed by atoms with Crippen molar-refractivity contribution in [1.82, 2.24) is 25.2 Å². The molecule has 1 saturated heterocycles. The summed E-state index contributed by atoms with van der Waals surface area (Å²) in [5, 5.41) is 12.9. The number of amides is 2. The van der Waals surface area contributed by atoms with Gasteiger partial charge in [0, 0.05) is 36.6 Å². The number of benzene rings is 2. The summed E-state index contributed by atoms with van der Waals surface area (Å²) in [5.41, 5.74) is 1.52. The number of halogens is 3. The van der Waals surface area contributed by atoms with Gasteiger partial charge in [-0.3, -0.25) is 19.8 Å². The Morgan fingerprint density at radius 2 is 1.69 bits per heavy atom. The van der Waals surface area contributed by atoms with Crippen LogP contribution in [0.2, 0.25) is 0 Å². The summed E-state index contributed by atoms with van der Waals surface area (Å²) in [5.74, 6) is -4.56. The van der Waals surface area contributed by atoms with E-state index < -0.39 is 70.5 Å². The van der Waals surface area contributed by atoms with Crippen LogP contribution in [0.25, 0.3) is 10.9 Å². The molecular weight excluding hydrogens is 613 g/mol. The number of aromatic nitrogens is 1. The van der Waals surface area contributed by atoms with E-state index in [1.54, 1.807) is 66.4 Å². The molecule has 2 amide bonds. The van der Waals surface area contributed by atoms with Crippen LogP contribution in [0, 0.1) is 11.3 Å². The lowest BCUT2D eigenvalue weighted by molar-refractivity contribution is -0.173. The van der Waals surface area contributed by atoms with Crippen molar-refractivity contribution in [1.29, 1.82) is 5.41 Å².